The molecule has 3 aromatic carbocycles. The van der Waals surface area contributed by atoms with Crippen molar-refractivity contribution in [1.82, 2.24) is 0 Å². The van der Waals surface area contributed by atoms with Crippen molar-refractivity contribution in [3.8, 4) is 5.75 Å². The number of carbonyl (C=O) groups excluding carboxylic acids is 2. The van der Waals surface area contributed by atoms with E-state index in [0.29, 0.717) is 22.6 Å². The predicted octanol–water partition coefficient (Wildman–Crippen LogP) is 4.76. The van der Waals surface area contributed by atoms with Crippen LogP contribution in [-0.4, -0.2) is 18.3 Å². The highest BCUT2D eigenvalue weighted by Crippen LogP contribution is 2.20. The fourth-order valence-electron chi connectivity index (χ4n) is 2.65. The van der Waals surface area contributed by atoms with Gasteiger partial charge in [-0.2, -0.15) is 0 Å². The van der Waals surface area contributed by atoms with Crippen molar-refractivity contribution in [3.05, 3.63) is 95.6 Å². The third-order valence-corrected chi connectivity index (χ3v) is 4.21. The maximum atomic E-state index is 12.5. The minimum absolute atomic E-state index is 0.124. The lowest BCUT2D eigenvalue weighted by atomic mass is 10.1. The van der Waals surface area contributed by atoms with Crippen LogP contribution in [0.4, 0.5) is 5.69 Å². The first-order chi connectivity index (χ1) is 13.2. The van der Waals surface area contributed by atoms with Crippen molar-refractivity contribution in [2.75, 3.05) is 11.9 Å². The van der Waals surface area contributed by atoms with Crippen molar-refractivity contribution in [3.63, 3.8) is 0 Å². The average Bonchev–Trinajstić information content (AvgIpc) is 2.73. The molecule has 4 nitrogen and oxygen atoms in total. The number of hydrogen-bond donors (Lipinski definition) is 1. The summed E-state index contributed by atoms with van der Waals surface area (Å²) in [5.41, 5.74) is 2.86. The summed E-state index contributed by atoms with van der Waals surface area (Å²) < 4.78 is 5.66. The van der Waals surface area contributed by atoms with Crippen LogP contribution >= 0.6 is 0 Å². The monoisotopic (exact) mass is 359 g/mol. The molecule has 0 fully saturated rings. The van der Waals surface area contributed by atoms with Crippen molar-refractivity contribution >= 4 is 17.4 Å². The fourth-order valence-corrected chi connectivity index (χ4v) is 2.65. The number of nitrogens with one attached hydrogen (secondary N) is 1. The molecule has 0 atom stereocenters. The van der Waals surface area contributed by atoms with Crippen LogP contribution in [-0.2, 0) is 6.42 Å². The van der Waals surface area contributed by atoms with Gasteiger partial charge in [-0.1, -0.05) is 61.5 Å². The normalized spacial score (nSPS) is 10.3. The predicted molar refractivity (Wildman–Crippen MR) is 106 cm³/mol. The first-order valence-electron chi connectivity index (χ1n) is 8.87. The summed E-state index contributed by atoms with van der Waals surface area (Å²) in [7, 11) is 0. The van der Waals surface area contributed by atoms with Gasteiger partial charge < -0.3 is 10.1 Å². The minimum atomic E-state index is -0.281. The maximum absolute atomic E-state index is 12.5. The van der Waals surface area contributed by atoms with Crippen LogP contribution in [0, 0.1) is 0 Å². The Labute approximate surface area is 158 Å². The summed E-state index contributed by atoms with van der Waals surface area (Å²) in [5.74, 6) is -0.0306. The molecule has 0 saturated carbocycles. The highest BCUT2D eigenvalue weighted by Gasteiger charge is 2.14. The van der Waals surface area contributed by atoms with Crippen LogP contribution in [0.25, 0.3) is 0 Å². The van der Waals surface area contributed by atoms with Crippen molar-refractivity contribution < 1.29 is 14.3 Å². The van der Waals surface area contributed by atoms with E-state index in [4.69, 9.17) is 4.74 Å². The van der Waals surface area contributed by atoms with E-state index < -0.39 is 0 Å². The summed E-state index contributed by atoms with van der Waals surface area (Å²) in [5, 5.41) is 2.83. The van der Waals surface area contributed by atoms with Gasteiger partial charge in [0.1, 0.15) is 5.75 Å². The molecule has 0 radical (unpaired) electrons. The number of rotatable bonds is 7. The number of carbonyl (C=O) groups is 2. The molecule has 27 heavy (non-hydrogen) atoms. The number of para-hydroxylation sites is 2. The first kappa shape index (κ1) is 18.4. The second-order valence-electron chi connectivity index (χ2n) is 6.08. The van der Waals surface area contributed by atoms with E-state index in [9.17, 15) is 9.59 Å². The lowest BCUT2D eigenvalue weighted by Gasteiger charge is -2.11. The summed E-state index contributed by atoms with van der Waals surface area (Å²) in [6, 6.07) is 23.6. The molecular formula is C23H21NO3. The molecule has 0 aliphatic rings. The third kappa shape index (κ3) is 4.82. The number of aryl methyl sites for hydroxylation is 1. The van der Waals surface area contributed by atoms with Gasteiger partial charge in [0.2, 0.25) is 0 Å². The number of amides is 1. The second-order valence-corrected chi connectivity index (χ2v) is 6.08. The zero-order chi connectivity index (χ0) is 19.1. The highest BCUT2D eigenvalue weighted by atomic mass is 16.5. The Bertz CT molecular complexity index is 918. The van der Waals surface area contributed by atoms with Gasteiger partial charge in [0.15, 0.2) is 12.4 Å². The largest absolute Gasteiger partial charge is 0.485 e. The second kappa shape index (κ2) is 8.81. The molecule has 0 heterocycles. The van der Waals surface area contributed by atoms with E-state index in [1.165, 1.54) is 5.56 Å². The molecule has 1 amide bonds. The summed E-state index contributed by atoms with van der Waals surface area (Å²) >= 11 is 0. The molecule has 0 saturated heterocycles. The Kier molecular flexibility index (Phi) is 6.00. The van der Waals surface area contributed by atoms with Crippen LogP contribution < -0.4 is 10.1 Å². The van der Waals surface area contributed by atoms with Crippen molar-refractivity contribution in [1.29, 1.82) is 0 Å². The first-order valence-corrected chi connectivity index (χ1v) is 8.87. The average molecular weight is 359 g/mol. The number of ketones is 1. The minimum Gasteiger partial charge on any atom is -0.485 e. The lowest BCUT2D eigenvalue weighted by Crippen LogP contribution is -2.16. The summed E-state index contributed by atoms with van der Waals surface area (Å²) in [6.45, 7) is 1.94. The van der Waals surface area contributed by atoms with Gasteiger partial charge in [0.25, 0.3) is 5.91 Å². The topological polar surface area (TPSA) is 55.4 Å². The number of anilines is 1. The fraction of sp³-hybridized carbons (Fsp3) is 0.130. The molecule has 0 aliphatic carbocycles. The van der Waals surface area contributed by atoms with Gasteiger partial charge in [-0.15, -0.1) is 0 Å². The van der Waals surface area contributed by atoms with Crippen molar-refractivity contribution in [2.24, 2.45) is 0 Å². The van der Waals surface area contributed by atoms with E-state index >= 15 is 0 Å². The van der Waals surface area contributed by atoms with E-state index in [1.54, 1.807) is 36.4 Å². The van der Waals surface area contributed by atoms with E-state index in [2.05, 4.69) is 12.2 Å². The number of Topliss-reactive ketones (excluding diaryl/α,β-unsaturated/α-hetero) is 1. The molecule has 3 rings (SSSR count). The van der Waals surface area contributed by atoms with Crippen molar-refractivity contribution in [2.45, 2.75) is 13.3 Å². The molecule has 4 heteroatoms. The SMILES string of the molecule is CCc1ccc(C(=O)COc2ccccc2C(=O)Nc2ccccc2)cc1. The van der Waals surface area contributed by atoms with Gasteiger partial charge in [0.05, 0.1) is 5.56 Å². The van der Waals surface area contributed by atoms with Gasteiger partial charge in [-0.3, -0.25) is 9.59 Å². The van der Waals surface area contributed by atoms with Crippen LogP contribution in [0.1, 0.15) is 33.2 Å². The molecule has 136 valence electrons. The Balaban J connectivity index is 1.68. The molecule has 3 aromatic rings. The Morgan fingerprint density at radius 1 is 0.852 bits per heavy atom. The lowest BCUT2D eigenvalue weighted by molar-refractivity contribution is 0.0914. The summed E-state index contributed by atoms with van der Waals surface area (Å²) in [6.07, 6.45) is 0.925. The zero-order valence-electron chi connectivity index (χ0n) is 15.1. The maximum Gasteiger partial charge on any atom is 0.259 e. The van der Waals surface area contributed by atoms with Crippen LogP contribution in [0.15, 0.2) is 78.9 Å². The smallest absolute Gasteiger partial charge is 0.259 e. The molecule has 0 aliphatic heterocycles. The number of hydrogen-bond acceptors (Lipinski definition) is 3. The Morgan fingerprint density at radius 3 is 2.22 bits per heavy atom. The van der Waals surface area contributed by atoms with Gasteiger partial charge in [-0.05, 0) is 36.2 Å². The van der Waals surface area contributed by atoms with Gasteiger partial charge in [-0.25, -0.2) is 0 Å². The number of ether oxygens (including phenoxy) is 1. The molecule has 0 unspecified atom stereocenters. The standard InChI is InChI=1S/C23H21NO3/c1-2-17-12-14-18(15-13-17)21(25)16-27-22-11-7-6-10-20(22)23(26)24-19-8-4-3-5-9-19/h3-15H,2,16H2,1H3,(H,24,26). The zero-order valence-corrected chi connectivity index (χ0v) is 15.1. The molecule has 1 N–H and O–H groups in total. The Morgan fingerprint density at radius 2 is 1.52 bits per heavy atom. The van der Waals surface area contributed by atoms with E-state index in [0.717, 1.165) is 6.42 Å². The van der Waals surface area contributed by atoms with Gasteiger partial charge in [0, 0.05) is 11.3 Å². The number of benzene rings is 3. The molecule has 0 bridgehead atoms. The van der Waals surface area contributed by atoms with E-state index in [1.807, 2.05) is 42.5 Å². The molecule has 0 spiro atoms. The van der Waals surface area contributed by atoms with Crippen LogP contribution in [0.5, 0.6) is 5.75 Å². The molecule has 0 aromatic heterocycles. The third-order valence-electron chi connectivity index (χ3n) is 4.21. The summed E-state index contributed by atoms with van der Waals surface area (Å²) in [4.78, 5) is 24.9. The van der Waals surface area contributed by atoms with Crippen LogP contribution in [0.3, 0.4) is 0 Å². The Hall–Kier alpha value is -3.40. The highest BCUT2D eigenvalue weighted by molar-refractivity contribution is 6.06. The van der Waals surface area contributed by atoms with Gasteiger partial charge >= 0.3 is 0 Å². The molecular weight excluding hydrogens is 338 g/mol. The van der Waals surface area contributed by atoms with Crippen LogP contribution in [0.2, 0.25) is 0 Å². The quantitative estimate of drug-likeness (QED) is 0.619. The van der Waals surface area contributed by atoms with E-state index in [-0.39, 0.29) is 18.3 Å².